The molecule has 1 aliphatic rings. The molecule has 15 heavy (non-hydrogen) atoms. The molecule has 1 aliphatic heterocycles. The van der Waals surface area contributed by atoms with Crippen molar-refractivity contribution in [3.8, 4) is 0 Å². The molecule has 0 aliphatic carbocycles. The van der Waals surface area contributed by atoms with Gasteiger partial charge in [-0.05, 0) is 33.6 Å². The van der Waals surface area contributed by atoms with Gasteiger partial charge in [-0.15, -0.1) is 0 Å². The summed E-state index contributed by atoms with van der Waals surface area (Å²) in [5.74, 6) is 0.192. The summed E-state index contributed by atoms with van der Waals surface area (Å²) < 4.78 is 5.01. The molecule has 0 bridgehead atoms. The van der Waals surface area contributed by atoms with Crippen LogP contribution in [0, 0.1) is 5.92 Å². The number of aliphatic imine (C=N–C) groups is 1. The topological polar surface area (TPSA) is 38.7 Å². The molecule has 0 aromatic carbocycles. The molecule has 0 N–H and O–H groups in total. The molecule has 0 saturated heterocycles. The molecule has 0 saturated carbocycles. The number of allylic oxidation sites excluding steroid dienone is 1. The SMILES string of the molecule is CCOC(=O)C1=C(C)N=C(C)C(CC)C1. The standard InChI is InChI=1S/C12H19NO2/c1-5-10-7-11(12(14)15-6-2)9(4)13-8(10)3/h10H,5-7H2,1-4H3. The van der Waals surface area contributed by atoms with E-state index in [0.717, 1.165) is 29.8 Å². The molecule has 1 atom stereocenters. The van der Waals surface area contributed by atoms with Crippen LogP contribution < -0.4 is 0 Å². The Bertz CT molecular complexity index is 316. The monoisotopic (exact) mass is 209 g/mol. The fourth-order valence-corrected chi connectivity index (χ4v) is 1.85. The van der Waals surface area contributed by atoms with E-state index in [2.05, 4.69) is 11.9 Å². The Hall–Kier alpha value is -1.12. The molecular weight excluding hydrogens is 190 g/mol. The van der Waals surface area contributed by atoms with Crippen molar-refractivity contribution in [2.45, 2.75) is 40.5 Å². The zero-order valence-electron chi connectivity index (χ0n) is 9.96. The Balaban J connectivity index is 2.88. The van der Waals surface area contributed by atoms with Crippen LogP contribution in [0.25, 0.3) is 0 Å². The van der Waals surface area contributed by atoms with Gasteiger partial charge in [-0.2, -0.15) is 0 Å². The van der Waals surface area contributed by atoms with Gasteiger partial charge in [0.2, 0.25) is 0 Å². The highest BCUT2D eigenvalue weighted by molar-refractivity contribution is 5.94. The fourth-order valence-electron chi connectivity index (χ4n) is 1.85. The Morgan fingerprint density at radius 3 is 2.67 bits per heavy atom. The van der Waals surface area contributed by atoms with E-state index in [-0.39, 0.29) is 5.97 Å². The van der Waals surface area contributed by atoms with Gasteiger partial charge < -0.3 is 4.74 Å². The van der Waals surface area contributed by atoms with Gasteiger partial charge in [0, 0.05) is 17.3 Å². The van der Waals surface area contributed by atoms with Crippen LogP contribution >= 0.6 is 0 Å². The van der Waals surface area contributed by atoms with Crippen molar-refractivity contribution in [2.24, 2.45) is 10.9 Å². The summed E-state index contributed by atoms with van der Waals surface area (Å²) in [5, 5.41) is 0. The molecule has 0 amide bonds. The molecule has 0 aromatic rings. The van der Waals surface area contributed by atoms with Crippen LogP contribution in [0.2, 0.25) is 0 Å². The van der Waals surface area contributed by atoms with E-state index in [4.69, 9.17) is 4.74 Å². The first-order chi connectivity index (χ1) is 7.10. The van der Waals surface area contributed by atoms with Crippen LogP contribution in [0.15, 0.2) is 16.3 Å². The summed E-state index contributed by atoms with van der Waals surface area (Å²) in [7, 11) is 0. The minimum absolute atomic E-state index is 0.204. The first-order valence-corrected chi connectivity index (χ1v) is 5.52. The second-order valence-electron chi connectivity index (χ2n) is 3.85. The third-order valence-corrected chi connectivity index (χ3v) is 2.84. The van der Waals surface area contributed by atoms with Crippen molar-refractivity contribution in [1.29, 1.82) is 0 Å². The normalized spacial score (nSPS) is 21.3. The predicted molar refractivity (Wildman–Crippen MR) is 60.8 cm³/mol. The second-order valence-corrected chi connectivity index (χ2v) is 3.85. The van der Waals surface area contributed by atoms with E-state index in [1.807, 2.05) is 20.8 Å². The second kappa shape index (κ2) is 5.10. The molecule has 0 aromatic heterocycles. The molecule has 84 valence electrons. The summed E-state index contributed by atoms with van der Waals surface area (Å²) in [6.07, 6.45) is 1.79. The largest absolute Gasteiger partial charge is 0.463 e. The maximum absolute atomic E-state index is 11.6. The lowest BCUT2D eigenvalue weighted by atomic mass is 9.89. The van der Waals surface area contributed by atoms with E-state index in [9.17, 15) is 4.79 Å². The van der Waals surface area contributed by atoms with Gasteiger partial charge in [-0.25, -0.2) is 4.79 Å². The molecule has 1 unspecified atom stereocenters. The number of hydrogen-bond acceptors (Lipinski definition) is 3. The molecule has 3 heteroatoms. The van der Waals surface area contributed by atoms with Gasteiger partial charge in [0.05, 0.1) is 12.2 Å². The molecule has 0 spiro atoms. The molecular formula is C12H19NO2. The third-order valence-electron chi connectivity index (χ3n) is 2.84. The Morgan fingerprint density at radius 1 is 1.47 bits per heavy atom. The number of ether oxygens (including phenoxy) is 1. The van der Waals surface area contributed by atoms with Gasteiger partial charge in [0.1, 0.15) is 0 Å². The van der Waals surface area contributed by atoms with E-state index in [1.54, 1.807) is 0 Å². The van der Waals surface area contributed by atoms with Crippen molar-refractivity contribution < 1.29 is 9.53 Å². The highest BCUT2D eigenvalue weighted by atomic mass is 16.5. The van der Waals surface area contributed by atoms with E-state index >= 15 is 0 Å². The van der Waals surface area contributed by atoms with Crippen LogP contribution in [0.1, 0.15) is 40.5 Å². The molecule has 1 rings (SSSR count). The van der Waals surface area contributed by atoms with Gasteiger partial charge in [0.15, 0.2) is 0 Å². The molecule has 3 nitrogen and oxygen atoms in total. The summed E-state index contributed by atoms with van der Waals surface area (Å²) in [4.78, 5) is 16.0. The zero-order chi connectivity index (χ0) is 11.4. The molecule has 1 heterocycles. The quantitative estimate of drug-likeness (QED) is 0.670. The van der Waals surface area contributed by atoms with Crippen LogP contribution in [-0.2, 0) is 9.53 Å². The number of esters is 1. The predicted octanol–water partition coefficient (Wildman–Crippen LogP) is 2.71. The van der Waals surface area contributed by atoms with Crippen LogP contribution in [0.3, 0.4) is 0 Å². The van der Waals surface area contributed by atoms with Crippen LogP contribution in [0.4, 0.5) is 0 Å². The van der Waals surface area contributed by atoms with E-state index < -0.39 is 0 Å². The van der Waals surface area contributed by atoms with Crippen molar-refractivity contribution in [3.05, 3.63) is 11.3 Å². The first-order valence-electron chi connectivity index (χ1n) is 5.52. The summed E-state index contributed by atoms with van der Waals surface area (Å²) in [6.45, 7) is 8.27. The van der Waals surface area contributed by atoms with Crippen molar-refractivity contribution in [2.75, 3.05) is 6.61 Å². The third kappa shape index (κ3) is 2.67. The fraction of sp³-hybridized carbons (Fsp3) is 0.667. The maximum atomic E-state index is 11.6. The maximum Gasteiger partial charge on any atom is 0.335 e. The number of rotatable bonds is 3. The van der Waals surface area contributed by atoms with Gasteiger partial charge in [-0.1, -0.05) is 6.92 Å². The van der Waals surface area contributed by atoms with Gasteiger partial charge in [-0.3, -0.25) is 4.99 Å². The van der Waals surface area contributed by atoms with E-state index in [0.29, 0.717) is 12.5 Å². The summed E-state index contributed by atoms with van der Waals surface area (Å²) >= 11 is 0. The first kappa shape index (κ1) is 12.0. The van der Waals surface area contributed by atoms with Crippen LogP contribution in [0.5, 0.6) is 0 Å². The molecule has 0 radical (unpaired) electrons. The zero-order valence-corrected chi connectivity index (χ0v) is 9.96. The molecule has 0 fully saturated rings. The number of carbonyl (C=O) groups is 1. The Morgan fingerprint density at radius 2 is 2.13 bits per heavy atom. The van der Waals surface area contributed by atoms with Crippen molar-refractivity contribution >= 4 is 11.7 Å². The Kier molecular flexibility index (Phi) is 4.06. The number of nitrogens with zero attached hydrogens (tertiary/aromatic N) is 1. The number of carbonyl (C=O) groups excluding carboxylic acids is 1. The minimum atomic E-state index is -0.204. The van der Waals surface area contributed by atoms with Crippen molar-refractivity contribution in [3.63, 3.8) is 0 Å². The minimum Gasteiger partial charge on any atom is -0.463 e. The average Bonchev–Trinajstić information content (AvgIpc) is 2.18. The van der Waals surface area contributed by atoms with Crippen molar-refractivity contribution in [1.82, 2.24) is 0 Å². The summed E-state index contributed by atoms with van der Waals surface area (Å²) in [6, 6.07) is 0. The van der Waals surface area contributed by atoms with Crippen LogP contribution in [-0.4, -0.2) is 18.3 Å². The smallest absolute Gasteiger partial charge is 0.335 e. The Labute approximate surface area is 91.2 Å². The van der Waals surface area contributed by atoms with Gasteiger partial charge >= 0.3 is 5.97 Å². The number of hydrogen-bond donors (Lipinski definition) is 0. The highest BCUT2D eigenvalue weighted by Crippen LogP contribution is 2.26. The lowest BCUT2D eigenvalue weighted by Gasteiger charge is -2.22. The average molecular weight is 209 g/mol. The lowest BCUT2D eigenvalue weighted by molar-refractivity contribution is -0.138. The van der Waals surface area contributed by atoms with E-state index in [1.165, 1.54) is 0 Å². The lowest BCUT2D eigenvalue weighted by Crippen LogP contribution is -2.21. The highest BCUT2D eigenvalue weighted by Gasteiger charge is 2.24. The van der Waals surface area contributed by atoms with Gasteiger partial charge in [0.25, 0.3) is 0 Å². The summed E-state index contributed by atoms with van der Waals surface area (Å²) in [5.41, 5.74) is 2.69.